The van der Waals surface area contributed by atoms with E-state index in [0.717, 1.165) is 9.13 Å². The molecule has 1 heterocycles. The van der Waals surface area contributed by atoms with Gasteiger partial charge in [0.25, 0.3) is 5.91 Å². The topological polar surface area (TPSA) is 68.3 Å². The minimum atomic E-state index is -0.532. The molecule has 4 rings (SSSR count). The summed E-state index contributed by atoms with van der Waals surface area (Å²) in [7, 11) is 2.84. The molecule has 0 spiro atoms. The molecule has 0 N–H and O–H groups in total. The molecule has 0 aliphatic carbocycles. The summed E-state index contributed by atoms with van der Waals surface area (Å²) in [6.07, 6.45) is 1.63. The molecular weight excluding hydrogens is 627 g/mol. The zero-order valence-corrected chi connectivity index (χ0v) is 23.7. The molecule has 0 unspecified atom stereocenters. The van der Waals surface area contributed by atoms with Crippen molar-refractivity contribution in [2.75, 3.05) is 25.7 Å². The van der Waals surface area contributed by atoms with E-state index in [1.165, 1.54) is 16.9 Å². The normalized spacial score (nSPS) is 14.3. The highest BCUT2D eigenvalue weighted by Crippen LogP contribution is 2.32. The van der Waals surface area contributed by atoms with Gasteiger partial charge in [0.2, 0.25) is 0 Å². The van der Waals surface area contributed by atoms with Crippen LogP contribution in [0, 0.1) is 3.57 Å². The standard InChI is InChI=1S/C27H22ClIN2O5S/c1-34-21-10-8-20(9-11-21)31-26(33)23(30(27(31)37)15-25(32)35-2)14-18-5-12-24(22(28)13-18)36-16-17-3-6-19(29)7-4-17/h3-14H,15-16H2,1-2H3/b23-14-. The predicted octanol–water partition coefficient (Wildman–Crippen LogP) is 5.68. The molecule has 0 atom stereocenters. The van der Waals surface area contributed by atoms with Crippen LogP contribution in [0.3, 0.4) is 0 Å². The third kappa shape index (κ3) is 6.23. The van der Waals surface area contributed by atoms with Crippen molar-refractivity contribution in [1.29, 1.82) is 0 Å². The van der Waals surface area contributed by atoms with Crippen LogP contribution in [0.5, 0.6) is 11.5 Å². The van der Waals surface area contributed by atoms with Crippen molar-refractivity contribution < 1.29 is 23.8 Å². The Hall–Kier alpha value is -3.15. The number of ether oxygens (including phenoxy) is 3. The van der Waals surface area contributed by atoms with Crippen molar-refractivity contribution in [3.8, 4) is 11.5 Å². The number of amides is 1. The Morgan fingerprint density at radius 3 is 2.38 bits per heavy atom. The first-order chi connectivity index (χ1) is 17.8. The van der Waals surface area contributed by atoms with Gasteiger partial charge in [0.1, 0.15) is 30.3 Å². The summed E-state index contributed by atoms with van der Waals surface area (Å²) in [4.78, 5) is 28.4. The smallest absolute Gasteiger partial charge is 0.325 e. The number of hydrogen-bond acceptors (Lipinski definition) is 6. The number of nitrogens with zero attached hydrogens (tertiary/aromatic N) is 2. The van der Waals surface area contributed by atoms with Crippen LogP contribution in [0.2, 0.25) is 5.02 Å². The summed E-state index contributed by atoms with van der Waals surface area (Å²) in [6, 6.07) is 20.1. The van der Waals surface area contributed by atoms with E-state index in [-0.39, 0.29) is 23.3 Å². The van der Waals surface area contributed by atoms with Crippen LogP contribution < -0.4 is 14.4 Å². The molecule has 0 saturated carbocycles. The van der Waals surface area contributed by atoms with Gasteiger partial charge in [0.15, 0.2) is 5.11 Å². The zero-order chi connectivity index (χ0) is 26.5. The molecule has 3 aromatic carbocycles. The molecule has 0 aromatic heterocycles. The minimum Gasteiger partial charge on any atom is -0.497 e. The first-order valence-corrected chi connectivity index (χ1v) is 12.9. The lowest BCUT2D eigenvalue weighted by Gasteiger charge is -2.19. The molecule has 3 aromatic rings. The maximum Gasteiger partial charge on any atom is 0.325 e. The van der Waals surface area contributed by atoms with Gasteiger partial charge in [-0.05, 0) is 101 Å². The zero-order valence-electron chi connectivity index (χ0n) is 19.9. The van der Waals surface area contributed by atoms with E-state index in [1.54, 1.807) is 55.7 Å². The summed E-state index contributed by atoms with van der Waals surface area (Å²) < 4.78 is 17.0. The number of carbonyl (C=O) groups excluding carboxylic acids is 2. The van der Waals surface area contributed by atoms with Crippen molar-refractivity contribution in [1.82, 2.24) is 4.90 Å². The highest BCUT2D eigenvalue weighted by atomic mass is 127. The van der Waals surface area contributed by atoms with Crippen LogP contribution in [0.15, 0.2) is 72.4 Å². The van der Waals surface area contributed by atoms with Gasteiger partial charge in [-0.25, -0.2) is 0 Å². The molecule has 37 heavy (non-hydrogen) atoms. The fourth-order valence-corrected chi connectivity index (χ4v) is 4.56. The number of rotatable bonds is 8. The lowest BCUT2D eigenvalue weighted by Crippen LogP contribution is -2.35. The summed E-state index contributed by atoms with van der Waals surface area (Å²) in [5.74, 6) is 0.244. The van der Waals surface area contributed by atoms with Crippen LogP contribution >= 0.6 is 46.4 Å². The highest BCUT2D eigenvalue weighted by molar-refractivity contribution is 14.1. The number of carbonyl (C=O) groups is 2. The Kier molecular flexibility index (Phi) is 8.67. The van der Waals surface area contributed by atoms with Gasteiger partial charge in [-0.3, -0.25) is 14.5 Å². The van der Waals surface area contributed by atoms with E-state index in [1.807, 2.05) is 24.3 Å². The number of esters is 1. The molecule has 0 bridgehead atoms. The van der Waals surface area contributed by atoms with Crippen LogP contribution in [0.25, 0.3) is 6.08 Å². The van der Waals surface area contributed by atoms with E-state index in [4.69, 9.17) is 38.0 Å². The van der Waals surface area contributed by atoms with Crippen LogP contribution in [-0.2, 0) is 20.9 Å². The van der Waals surface area contributed by atoms with Crippen molar-refractivity contribution in [3.05, 3.63) is 92.1 Å². The third-order valence-electron chi connectivity index (χ3n) is 5.55. The number of anilines is 1. The Bertz CT molecular complexity index is 1360. The molecule has 190 valence electrons. The Morgan fingerprint density at radius 2 is 1.76 bits per heavy atom. The Balaban J connectivity index is 1.60. The SMILES string of the molecule is COC(=O)CN1C(=S)N(c2ccc(OC)cc2)C(=O)/C1=C/c1ccc(OCc2ccc(I)cc2)c(Cl)c1. The van der Waals surface area contributed by atoms with Gasteiger partial charge in [0, 0.05) is 3.57 Å². The summed E-state index contributed by atoms with van der Waals surface area (Å²) >= 11 is 14.3. The molecule has 1 aliphatic rings. The first-order valence-electron chi connectivity index (χ1n) is 11.1. The number of halogens is 2. The monoisotopic (exact) mass is 648 g/mol. The molecule has 7 nitrogen and oxygen atoms in total. The first kappa shape index (κ1) is 26.9. The molecule has 1 saturated heterocycles. The van der Waals surface area contributed by atoms with E-state index < -0.39 is 5.97 Å². The largest absolute Gasteiger partial charge is 0.497 e. The van der Waals surface area contributed by atoms with E-state index in [9.17, 15) is 9.59 Å². The maximum atomic E-state index is 13.5. The Labute approximate surface area is 238 Å². The molecule has 1 aliphatic heterocycles. The fraction of sp³-hybridized carbons (Fsp3) is 0.148. The second kappa shape index (κ2) is 11.9. The molecule has 10 heteroatoms. The maximum absolute atomic E-state index is 13.5. The molecule has 0 radical (unpaired) electrons. The number of methoxy groups -OCH3 is 2. The fourth-order valence-electron chi connectivity index (χ4n) is 3.61. The average molecular weight is 649 g/mol. The second-order valence-electron chi connectivity index (χ2n) is 7.92. The van der Waals surface area contributed by atoms with Gasteiger partial charge in [0.05, 0.1) is 24.9 Å². The van der Waals surface area contributed by atoms with E-state index in [2.05, 4.69) is 22.6 Å². The van der Waals surface area contributed by atoms with Gasteiger partial charge >= 0.3 is 5.97 Å². The van der Waals surface area contributed by atoms with Gasteiger partial charge < -0.3 is 19.1 Å². The number of benzene rings is 3. The number of hydrogen-bond donors (Lipinski definition) is 0. The molecule has 1 fully saturated rings. The molecule has 1 amide bonds. The van der Waals surface area contributed by atoms with Crippen molar-refractivity contribution >= 4 is 75.2 Å². The van der Waals surface area contributed by atoms with Gasteiger partial charge in [-0.15, -0.1) is 0 Å². The van der Waals surface area contributed by atoms with Crippen LogP contribution in [-0.4, -0.2) is 42.7 Å². The van der Waals surface area contributed by atoms with Gasteiger partial charge in [-0.2, -0.15) is 0 Å². The van der Waals surface area contributed by atoms with Crippen LogP contribution in [0.4, 0.5) is 5.69 Å². The average Bonchev–Trinajstić information content (AvgIpc) is 3.13. The predicted molar refractivity (Wildman–Crippen MR) is 155 cm³/mol. The summed E-state index contributed by atoms with van der Waals surface area (Å²) in [6.45, 7) is 0.151. The summed E-state index contributed by atoms with van der Waals surface area (Å²) in [5, 5.41) is 0.551. The summed E-state index contributed by atoms with van der Waals surface area (Å²) in [5.41, 5.74) is 2.43. The quantitative estimate of drug-likeness (QED) is 0.135. The van der Waals surface area contributed by atoms with Crippen LogP contribution in [0.1, 0.15) is 11.1 Å². The number of thiocarbonyl (C=S) groups is 1. The molecular formula is C27H22ClIN2O5S. The third-order valence-corrected chi connectivity index (χ3v) is 6.97. The van der Waals surface area contributed by atoms with Gasteiger partial charge in [-0.1, -0.05) is 29.8 Å². The van der Waals surface area contributed by atoms with Crippen molar-refractivity contribution in [3.63, 3.8) is 0 Å². The Morgan fingerprint density at radius 1 is 1.05 bits per heavy atom. The lowest BCUT2D eigenvalue weighted by molar-refractivity contribution is -0.140. The highest BCUT2D eigenvalue weighted by Gasteiger charge is 2.40. The van der Waals surface area contributed by atoms with E-state index >= 15 is 0 Å². The lowest BCUT2D eigenvalue weighted by atomic mass is 10.1. The van der Waals surface area contributed by atoms with E-state index in [0.29, 0.717) is 34.4 Å². The second-order valence-corrected chi connectivity index (χ2v) is 9.94. The minimum absolute atomic E-state index is 0.162. The van der Waals surface area contributed by atoms with Crippen molar-refractivity contribution in [2.45, 2.75) is 6.61 Å². The van der Waals surface area contributed by atoms with Crippen molar-refractivity contribution in [2.24, 2.45) is 0 Å².